The van der Waals surface area contributed by atoms with Crippen molar-refractivity contribution < 1.29 is 9.50 Å². The lowest BCUT2D eigenvalue weighted by atomic mass is 9.80. The summed E-state index contributed by atoms with van der Waals surface area (Å²) in [5.74, 6) is 0.712. The summed E-state index contributed by atoms with van der Waals surface area (Å²) in [6.07, 6.45) is 2.76. The van der Waals surface area contributed by atoms with Gasteiger partial charge in [0.15, 0.2) is 0 Å². The zero-order valence-electron chi connectivity index (χ0n) is 11.1. The van der Waals surface area contributed by atoms with E-state index in [4.69, 9.17) is 0 Å². The zero-order valence-corrected chi connectivity index (χ0v) is 11.1. The Labute approximate surface area is 108 Å². The Morgan fingerprint density at radius 3 is 2.78 bits per heavy atom. The van der Waals surface area contributed by atoms with Crippen LogP contribution in [0.25, 0.3) is 0 Å². The predicted molar refractivity (Wildman–Crippen MR) is 72.2 cm³/mol. The van der Waals surface area contributed by atoms with Crippen molar-refractivity contribution in [2.75, 3.05) is 18.5 Å². The van der Waals surface area contributed by atoms with Gasteiger partial charge in [0.25, 0.3) is 0 Å². The van der Waals surface area contributed by atoms with Crippen LogP contribution in [0.1, 0.15) is 26.2 Å². The number of aliphatic hydroxyl groups is 1. The number of benzene rings is 1. The first-order chi connectivity index (χ1) is 8.58. The summed E-state index contributed by atoms with van der Waals surface area (Å²) >= 11 is 0. The van der Waals surface area contributed by atoms with E-state index in [0.717, 1.165) is 19.3 Å². The van der Waals surface area contributed by atoms with Crippen molar-refractivity contribution in [1.82, 2.24) is 0 Å². The number of aliphatic hydroxyl groups excluding tert-OH is 1. The molecule has 0 amide bonds. The van der Waals surface area contributed by atoms with Crippen LogP contribution in [0, 0.1) is 17.7 Å². The Bertz CT molecular complexity index is 396. The molecule has 18 heavy (non-hydrogen) atoms. The highest BCUT2D eigenvalue weighted by atomic mass is 19.1. The van der Waals surface area contributed by atoms with Crippen molar-refractivity contribution in [2.45, 2.75) is 32.3 Å². The topological polar surface area (TPSA) is 23.5 Å². The van der Waals surface area contributed by atoms with E-state index in [9.17, 15) is 9.50 Å². The van der Waals surface area contributed by atoms with Gasteiger partial charge < -0.3 is 10.0 Å². The van der Waals surface area contributed by atoms with Crippen molar-refractivity contribution in [3.63, 3.8) is 0 Å². The summed E-state index contributed by atoms with van der Waals surface area (Å²) in [7, 11) is 1.89. The molecule has 2 nitrogen and oxygen atoms in total. The fraction of sp³-hybridized carbons (Fsp3) is 0.600. The van der Waals surface area contributed by atoms with Crippen molar-refractivity contribution in [3.8, 4) is 0 Å². The van der Waals surface area contributed by atoms with Crippen LogP contribution in [0.5, 0.6) is 0 Å². The van der Waals surface area contributed by atoms with E-state index in [-0.39, 0.29) is 17.8 Å². The number of nitrogens with zero attached hydrogens (tertiary/aromatic N) is 1. The molecular weight excluding hydrogens is 229 g/mol. The summed E-state index contributed by atoms with van der Waals surface area (Å²) in [5.41, 5.74) is 0.614. The molecule has 1 aliphatic rings. The molecular formula is C15H22FNO. The van der Waals surface area contributed by atoms with E-state index >= 15 is 0 Å². The molecule has 0 spiro atoms. The highest BCUT2D eigenvalue weighted by molar-refractivity contribution is 5.46. The molecule has 1 aliphatic carbocycles. The van der Waals surface area contributed by atoms with Crippen LogP contribution in [0.2, 0.25) is 0 Å². The molecule has 1 aromatic carbocycles. The summed E-state index contributed by atoms with van der Waals surface area (Å²) in [5, 5.41) is 10.0. The summed E-state index contributed by atoms with van der Waals surface area (Å²) < 4.78 is 13.7. The van der Waals surface area contributed by atoms with E-state index in [1.165, 1.54) is 6.07 Å². The third kappa shape index (κ3) is 3.02. The van der Waals surface area contributed by atoms with Crippen LogP contribution in [0.3, 0.4) is 0 Å². The molecule has 3 atom stereocenters. The number of hydrogen-bond donors (Lipinski definition) is 1. The number of anilines is 1. The normalized spacial score (nSPS) is 28.1. The van der Waals surface area contributed by atoms with E-state index in [1.807, 2.05) is 18.0 Å². The van der Waals surface area contributed by atoms with E-state index < -0.39 is 0 Å². The Kier molecular flexibility index (Phi) is 4.23. The zero-order chi connectivity index (χ0) is 13.1. The highest BCUT2D eigenvalue weighted by Crippen LogP contribution is 2.30. The number of rotatable bonds is 3. The maximum Gasteiger partial charge on any atom is 0.146 e. The first-order valence-corrected chi connectivity index (χ1v) is 6.71. The molecule has 1 saturated carbocycles. The monoisotopic (exact) mass is 251 g/mol. The van der Waals surface area contributed by atoms with Gasteiger partial charge in [0.05, 0.1) is 11.8 Å². The highest BCUT2D eigenvalue weighted by Gasteiger charge is 2.28. The van der Waals surface area contributed by atoms with Gasteiger partial charge in [-0.15, -0.1) is 0 Å². The van der Waals surface area contributed by atoms with Gasteiger partial charge in [0.1, 0.15) is 5.82 Å². The van der Waals surface area contributed by atoms with Gasteiger partial charge in [-0.05, 0) is 37.3 Å². The molecule has 3 unspecified atom stereocenters. The van der Waals surface area contributed by atoms with Gasteiger partial charge >= 0.3 is 0 Å². The van der Waals surface area contributed by atoms with Gasteiger partial charge in [-0.25, -0.2) is 4.39 Å². The smallest absolute Gasteiger partial charge is 0.146 e. The second-order valence-corrected chi connectivity index (χ2v) is 5.58. The standard InChI is InChI=1S/C15H22FNO/c1-11-7-8-15(18)12(9-11)10-17(2)14-6-4-3-5-13(14)16/h3-6,11-12,15,18H,7-10H2,1-2H3. The van der Waals surface area contributed by atoms with Crippen molar-refractivity contribution in [2.24, 2.45) is 11.8 Å². The molecule has 0 aliphatic heterocycles. The van der Waals surface area contributed by atoms with Gasteiger partial charge in [-0.2, -0.15) is 0 Å². The molecule has 0 aromatic heterocycles. The molecule has 1 aromatic rings. The van der Waals surface area contributed by atoms with Gasteiger partial charge in [-0.3, -0.25) is 0 Å². The van der Waals surface area contributed by atoms with Crippen LogP contribution in [0.4, 0.5) is 10.1 Å². The van der Waals surface area contributed by atoms with Crippen LogP contribution in [-0.2, 0) is 0 Å². The first kappa shape index (κ1) is 13.3. The second-order valence-electron chi connectivity index (χ2n) is 5.58. The summed E-state index contributed by atoms with van der Waals surface area (Å²) in [6.45, 7) is 2.94. The van der Waals surface area contributed by atoms with E-state index in [2.05, 4.69) is 6.92 Å². The average Bonchev–Trinajstić information content (AvgIpc) is 2.34. The van der Waals surface area contributed by atoms with Gasteiger partial charge in [0, 0.05) is 19.5 Å². The summed E-state index contributed by atoms with van der Waals surface area (Å²) in [4.78, 5) is 1.92. The lowest BCUT2D eigenvalue weighted by Gasteiger charge is -2.35. The van der Waals surface area contributed by atoms with E-state index in [0.29, 0.717) is 18.2 Å². The molecule has 0 radical (unpaired) electrons. The number of hydrogen-bond acceptors (Lipinski definition) is 2. The van der Waals surface area contributed by atoms with Crippen LogP contribution >= 0.6 is 0 Å². The molecule has 0 heterocycles. The average molecular weight is 251 g/mol. The van der Waals surface area contributed by atoms with Crippen LogP contribution < -0.4 is 4.90 Å². The van der Waals surface area contributed by atoms with E-state index in [1.54, 1.807) is 12.1 Å². The third-order valence-corrected chi connectivity index (χ3v) is 3.98. The maximum absolute atomic E-state index is 13.7. The Morgan fingerprint density at radius 1 is 1.33 bits per heavy atom. The first-order valence-electron chi connectivity index (χ1n) is 6.71. The molecule has 1 fully saturated rings. The maximum atomic E-state index is 13.7. The minimum absolute atomic E-state index is 0.196. The van der Waals surface area contributed by atoms with Crippen LogP contribution in [-0.4, -0.2) is 24.8 Å². The lowest BCUT2D eigenvalue weighted by Crippen LogP contribution is -2.37. The van der Waals surface area contributed by atoms with Gasteiger partial charge in [-0.1, -0.05) is 19.1 Å². The summed E-state index contributed by atoms with van der Waals surface area (Å²) in [6, 6.07) is 6.80. The molecule has 0 bridgehead atoms. The van der Waals surface area contributed by atoms with Crippen molar-refractivity contribution in [3.05, 3.63) is 30.1 Å². The molecule has 0 saturated heterocycles. The Hall–Kier alpha value is -1.09. The Balaban J connectivity index is 2.02. The quantitative estimate of drug-likeness (QED) is 0.892. The van der Waals surface area contributed by atoms with Crippen molar-refractivity contribution in [1.29, 1.82) is 0 Å². The molecule has 2 rings (SSSR count). The molecule has 3 heteroatoms. The second kappa shape index (κ2) is 5.70. The SMILES string of the molecule is CC1CCC(O)C(CN(C)c2ccccc2F)C1. The number of para-hydroxylation sites is 1. The minimum Gasteiger partial charge on any atom is -0.393 e. The predicted octanol–water partition coefficient (Wildman–Crippen LogP) is 3.06. The Morgan fingerprint density at radius 2 is 2.06 bits per heavy atom. The fourth-order valence-corrected chi connectivity index (χ4v) is 2.89. The lowest BCUT2D eigenvalue weighted by molar-refractivity contribution is 0.0555. The third-order valence-electron chi connectivity index (χ3n) is 3.98. The van der Waals surface area contributed by atoms with Crippen molar-refractivity contribution >= 4 is 5.69 Å². The van der Waals surface area contributed by atoms with Gasteiger partial charge in [0.2, 0.25) is 0 Å². The largest absolute Gasteiger partial charge is 0.393 e. The van der Waals surface area contributed by atoms with Crippen LogP contribution in [0.15, 0.2) is 24.3 Å². The fourth-order valence-electron chi connectivity index (χ4n) is 2.89. The molecule has 1 N–H and O–H groups in total. The molecule has 100 valence electrons. The number of halogens is 1. The minimum atomic E-state index is -0.240.